The monoisotopic (exact) mass is 315 g/mol. The molecule has 0 aliphatic carbocycles. The van der Waals surface area contributed by atoms with Crippen molar-refractivity contribution in [2.45, 2.75) is 19.8 Å². The van der Waals surface area contributed by atoms with Gasteiger partial charge in [-0.25, -0.2) is 4.39 Å². The number of benzene rings is 2. The number of nitrogens with one attached hydrogen (secondary N) is 1. The van der Waals surface area contributed by atoms with Gasteiger partial charge >= 0.3 is 0 Å². The molecule has 0 fully saturated rings. The topological polar surface area (TPSA) is 59.6 Å². The summed E-state index contributed by atoms with van der Waals surface area (Å²) in [6.07, 6.45) is 1.74. The Balaban J connectivity index is 1.68. The molecular weight excluding hydrogens is 293 g/mol. The van der Waals surface area contributed by atoms with Gasteiger partial charge in [-0.15, -0.1) is 0 Å². The highest BCUT2D eigenvalue weighted by molar-refractivity contribution is 5.92. The van der Waals surface area contributed by atoms with Gasteiger partial charge in [0.1, 0.15) is 11.6 Å². The predicted molar refractivity (Wildman–Crippen MR) is 92.4 cm³/mol. The lowest BCUT2D eigenvalue weighted by Gasteiger charge is -2.07. The molecule has 0 atom stereocenters. The summed E-state index contributed by atoms with van der Waals surface area (Å²) in [7, 11) is 0. The molecule has 0 aromatic heterocycles. The first-order chi connectivity index (χ1) is 11.2. The molecule has 0 bridgehead atoms. The van der Waals surface area contributed by atoms with E-state index in [1.165, 1.54) is 17.7 Å². The second-order valence-electron chi connectivity index (χ2n) is 5.10. The number of hydrogen-bond acceptors (Lipinski definition) is 2. The Kier molecular flexibility index (Phi) is 6.41. The van der Waals surface area contributed by atoms with Crippen LogP contribution >= 0.6 is 0 Å². The fraction of sp³-hybridized carbons (Fsp3) is 0.278. The fourth-order valence-electron chi connectivity index (χ4n) is 2.00. The second kappa shape index (κ2) is 8.78. The Bertz CT molecular complexity index is 624. The van der Waals surface area contributed by atoms with Crippen molar-refractivity contribution in [3.05, 3.63) is 59.9 Å². The number of guanidine groups is 1. The molecule has 0 unspecified atom stereocenters. The van der Waals surface area contributed by atoms with Gasteiger partial charge in [0, 0.05) is 18.7 Å². The molecule has 0 aliphatic heterocycles. The van der Waals surface area contributed by atoms with Gasteiger partial charge in [0.2, 0.25) is 0 Å². The maximum atomic E-state index is 12.7. The Morgan fingerprint density at radius 1 is 1.13 bits per heavy atom. The third-order valence-corrected chi connectivity index (χ3v) is 3.30. The highest BCUT2D eigenvalue weighted by Crippen LogP contribution is 2.11. The average Bonchev–Trinajstić information content (AvgIpc) is 2.57. The van der Waals surface area contributed by atoms with Crippen LogP contribution in [-0.4, -0.2) is 19.1 Å². The number of aliphatic imine (C=N–C) groups is 1. The molecule has 2 aromatic rings. The number of nitrogens with zero attached hydrogens (tertiary/aromatic N) is 1. The molecular formula is C18H22FN3O. The lowest BCUT2D eigenvalue weighted by molar-refractivity contribution is 0.313. The predicted octanol–water partition coefficient (Wildman–Crippen LogP) is 3.58. The summed E-state index contributed by atoms with van der Waals surface area (Å²) < 4.78 is 18.2. The van der Waals surface area contributed by atoms with E-state index in [2.05, 4.69) is 29.4 Å². The molecule has 122 valence electrons. The number of anilines is 1. The van der Waals surface area contributed by atoms with Crippen molar-refractivity contribution in [1.82, 2.24) is 0 Å². The summed E-state index contributed by atoms with van der Waals surface area (Å²) in [6, 6.07) is 14.1. The van der Waals surface area contributed by atoms with Crippen molar-refractivity contribution in [2.75, 3.05) is 18.5 Å². The molecule has 2 rings (SSSR count). The lowest BCUT2D eigenvalue weighted by atomic mass is 10.1. The van der Waals surface area contributed by atoms with Crippen LogP contribution in [0.3, 0.4) is 0 Å². The van der Waals surface area contributed by atoms with E-state index in [-0.39, 0.29) is 5.82 Å². The minimum atomic E-state index is -0.271. The maximum Gasteiger partial charge on any atom is 0.193 e. The molecule has 5 heteroatoms. The molecule has 0 saturated heterocycles. The zero-order valence-corrected chi connectivity index (χ0v) is 13.3. The summed E-state index contributed by atoms with van der Waals surface area (Å²) >= 11 is 0. The number of nitrogens with two attached hydrogens (primary N) is 1. The van der Waals surface area contributed by atoms with E-state index in [0.717, 1.165) is 18.5 Å². The number of halogens is 1. The van der Waals surface area contributed by atoms with Gasteiger partial charge in [-0.1, -0.05) is 19.1 Å². The van der Waals surface area contributed by atoms with E-state index in [0.29, 0.717) is 24.9 Å². The number of aryl methyl sites for hydroxylation is 1. The van der Waals surface area contributed by atoms with Crippen LogP contribution in [0.1, 0.15) is 18.9 Å². The number of rotatable bonds is 7. The van der Waals surface area contributed by atoms with E-state index in [9.17, 15) is 4.39 Å². The van der Waals surface area contributed by atoms with E-state index in [1.807, 2.05) is 12.1 Å². The molecule has 0 spiro atoms. The highest BCUT2D eigenvalue weighted by Gasteiger charge is 1.97. The molecule has 0 amide bonds. The Morgan fingerprint density at radius 2 is 1.83 bits per heavy atom. The summed E-state index contributed by atoms with van der Waals surface area (Å²) in [4.78, 5) is 4.25. The van der Waals surface area contributed by atoms with Gasteiger partial charge in [-0.3, -0.25) is 4.99 Å². The molecule has 0 heterocycles. The van der Waals surface area contributed by atoms with Crippen molar-refractivity contribution in [3.63, 3.8) is 0 Å². The first-order valence-electron chi connectivity index (χ1n) is 7.71. The number of hydrogen-bond donors (Lipinski definition) is 2. The standard InChI is InChI=1S/C18H22FN3O/c1-2-14-4-8-16(9-5-14)22-18(20)21-12-3-13-23-17-10-6-15(19)7-11-17/h4-11H,2-3,12-13H2,1H3,(H3,20,21,22). The van der Waals surface area contributed by atoms with Gasteiger partial charge in [0.25, 0.3) is 0 Å². The van der Waals surface area contributed by atoms with Gasteiger partial charge in [-0.05, 0) is 48.4 Å². The summed E-state index contributed by atoms with van der Waals surface area (Å²) in [5.41, 5.74) is 8.05. The fourth-order valence-corrected chi connectivity index (χ4v) is 2.00. The van der Waals surface area contributed by atoms with Crippen molar-refractivity contribution in [1.29, 1.82) is 0 Å². The van der Waals surface area contributed by atoms with Crippen molar-refractivity contribution < 1.29 is 9.13 Å². The Hall–Kier alpha value is -2.56. The van der Waals surface area contributed by atoms with Crippen molar-refractivity contribution in [3.8, 4) is 5.75 Å². The highest BCUT2D eigenvalue weighted by atomic mass is 19.1. The average molecular weight is 315 g/mol. The van der Waals surface area contributed by atoms with Crippen LogP contribution in [-0.2, 0) is 6.42 Å². The van der Waals surface area contributed by atoms with Crippen molar-refractivity contribution in [2.24, 2.45) is 10.7 Å². The molecule has 0 saturated carbocycles. The van der Waals surface area contributed by atoms with Crippen LogP contribution in [0.15, 0.2) is 53.5 Å². The zero-order valence-electron chi connectivity index (χ0n) is 13.3. The second-order valence-corrected chi connectivity index (χ2v) is 5.10. The van der Waals surface area contributed by atoms with E-state index in [1.54, 1.807) is 12.1 Å². The summed E-state index contributed by atoms with van der Waals surface area (Å²) in [5.74, 6) is 0.765. The first kappa shape index (κ1) is 16.8. The molecule has 23 heavy (non-hydrogen) atoms. The van der Waals surface area contributed by atoms with Crippen molar-refractivity contribution >= 4 is 11.6 Å². The molecule has 0 aliphatic rings. The summed E-state index contributed by atoms with van der Waals surface area (Å²) in [6.45, 7) is 3.19. The lowest BCUT2D eigenvalue weighted by Crippen LogP contribution is -2.23. The maximum absolute atomic E-state index is 12.7. The number of ether oxygens (including phenoxy) is 1. The van der Waals surface area contributed by atoms with Gasteiger partial charge in [-0.2, -0.15) is 0 Å². The summed E-state index contributed by atoms with van der Waals surface area (Å²) in [5, 5.41) is 3.05. The van der Waals surface area contributed by atoms with Gasteiger partial charge < -0.3 is 15.8 Å². The third kappa shape index (κ3) is 5.98. The van der Waals surface area contributed by atoms with E-state index >= 15 is 0 Å². The van der Waals surface area contributed by atoms with Gasteiger partial charge in [0.15, 0.2) is 5.96 Å². The third-order valence-electron chi connectivity index (χ3n) is 3.30. The minimum Gasteiger partial charge on any atom is -0.494 e. The minimum absolute atomic E-state index is 0.271. The first-order valence-corrected chi connectivity index (χ1v) is 7.71. The van der Waals surface area contributed by atoms with Crippen LogP contribution < -0.4 is 15.8 Å². The Morgan fingerprint density at radius 3 is 2.48 bits per heavy atom. The Labute approximate surface area is 136 Å². The normalized spacial score (nSPS) is 11.3. The van der Waals surface area contributed by atoms with Crippen LogP contribution in [0.2, 0.25) is 0 Å². The van der Waals surface area contributed by atoms with Gasteiger partial charge in [0.05, 0.1) is 6.61 Å². The molecule has 4 nitrogen and oxygen atoms in total. The molecule has 2 aromatic carbocycles. The van der Waals surface area contributed by atoms with E-state index < -0.39 is 0 Å². The quantitative estimate of drug-likeness (QED) is 0.466. The van der Waals surface area contributed by atoms with E-state index in [4.69, 9.17) is 10.5 Å². The van der Waals surface area contributed by atoms with Crippen LogP contribution in [0.5, 0.6) is 5.75 Å². The molecule has 3 N–H and O–H groups in total. The van der Waals surface area contributed by atoms with Crippen LogP contribution in [0, 0.1) is 5.82 Å². The largest absolute Gasteiger partial charge is 0.494 e. The van der Waals surface area contributed by atoms with Crippen LogP contribution in [0.25, 0.3) is 0 Å². The zero-order chi connectivity index (χ0) is 16.5. The van der Waals surface area contributed by atoms with Crippen LogP contribution in [0.4, 0.5) is 10.1 Å². The smallest absolute Gasteiger partial charge is 0.193 e. The molecule has 0 radical (unpaired) electrons. The SMILES string of the molecule is CCc1ccc(NC(N)=NCCCOc2ccc(F)cc2)cc1.